The highest BCUT2D eigenvalue weighted by Crippen LogP contribution is 2.27. The lowest BCUT2D eigenvalue weighted by Gasteiger charge is -2.17. The number of aromatic nitrogens is 2. The van der Waals surface area contributed by atoms with Gasteiger partial charge in [0, 0.05) is 0 Å². The zero-order valence-electron chi connectivity index (χ0n) is 16.4. The van der Waals surface area contributed by atoms with Gasteiger partial charge in [-0.25, -0.2) is 9.37 Å². The topological polar surface area (TPSA) is 64.0 Å². The minimum atomic E-state index is -0.607. The van der Waals surface area contributed by atoms with E-state index in [2.05, 4.69) is 10.3 Å². The Labute approximate surface area is 186 Å². The maximum Gasteiger partial charge on any atom is 0.266 e. The zero-order valence-corrected chi connectivity index (χ0v) is 18.0. The molecular formula is C23H17ClFN3O2S. The quantitative estimate of drug-likeness (QED) is 0.329. The van der Waals surface area contributed by atoms with Crippen LogP contribution in [0.5, 0.6) is 0 Å². The number of thioether (sulfide) groups is 1. The number of nitrogens with zero attached hydrogens (tertiary/aromatic N) is 2. The third-order valence-electron chi connectivity index (χ3n) is 4.60. The van der Waals surface area contributed by atoms with Gasteiger partial charge in [0.25, 0.3) is 5.56 Å². The van der Waals surface area contributed by atoms with Gasteiger partial charge in [-0.3, -0.25) is 14.2 Å². The first-order valence-electron chi connectivity index (χ1n) is 9.44. The maximum atomic E-state index is 13.3. The van der Waals surface area contributed by atoms with Crippen LogP contribution in [0, 0.1) is 5.82 Å². The fraction of sp³-hybridized carbons (Fsp3) is 0.0870. The minimum Gasteiger partial charge on any atom is -0.324 e. The zero-order chi connectivity index (χ0) is 22.0. The normalized spacial score (nSPS) is 12.0. The molecule has 1 atom stereocenters. The molecule has 0 aliphatic carbocycles. The van der Waals surface area contributed by atoms with Crippen molar-refractivity contribution in [2.24, 2.45) is 0 Å². The average molecular weight is 454 g/mol. The van der Waals surface area contributed by atoms with E-state index < -0.39 is 11.1 Å². The van der Waals surface area contributed by atoms with Gasteiger partial charge in [-0.1, -0.05) is 53.7 Å². The number of benzene rings is 3. The predicted molar refractivity (Wildman–Crippen MR) is 123 cm³/mol. The molecule has 0 bridgehead atoms. The number of para-hydroxylation sites is 2. The number of hydrogen-bond acceptors (Lipinski definition) is 4. The van der Waals surface area contributed by atoms with Crippen LogP contribution in [0.25, 0.3) is 16.6 Å². The number of carbonyl (C=O) groups is 1. The van der Waals surface area contributed by atoms with Crippen LogP contribution in [-0.2, 0) is 4.79 Å². The molecule has 4 aromatic rings. The second-order valence-corrected chi connectivity index (χ2v) is 8.48. The first kappa shape index (κ1) is 21.1. The van der Waals surface area contributed by atoms with Crippen molar-refractivity contribution in [3.05, 3.63) is 94.0 Å². The molecule has 8 heteroatoms. The Kier molecular flexibility index (Phi) is 6.06. The van der Waals surface area contributed by atoms with E-state index >= 15 is 0 Å². The first-order chi connectivity index (χ1) is 14.9. The second kappa shape index (κ2) is 8.91. The van der Waals surface area contributed by atoms with Gasteiger partial charge in [-0.2, -0.15) is 0 Å². The Balaban J connectivity index is 1.70. The summed E-state index contributed by atoms with van der Waals surface area (Å²) >= 11 is 7.16. The summed E-state index contributed by atoms with van der Waals surface area (Å²) in [4.78, 5) is 30.6. The highest BCUT2D eigenvalue weighted by Gasteiger charge is 2.21. The van der Waals surface area contributed by atoms with Crippen LogP contribution in [0.15, 0.2) is 82.7 Å². The molecule has 1 unspecified atom stereocenters. The summed E-state index contributed by atoms with van der Waals surface area (Å²) in [5, 5.41) is 3.08. The lowest BCUT2D eigenvalue weighted by atomic mass is 10.2. The molecule has 0 radical (unpaired) electrons. The molecule has 1 aromatic heterocycles. The molecule has 1 amide bonds. The molecule has 0 spiro atoms. The molecule has 31 heavy (non-hydrogen) atoms. The molecular weight excluding hydrogens is 437 g/mol. The second-order valence-electron chi connectivity index (χ2n) is 6.76. The highest BCUT2D eigenvalue weighted by molar-refractivity contribution is 8.00. The maximum absolute atomic E-state index is 13.3. The molecule has 0 saturated heterocycles. The van der Waals surface area contributed by atoms with E-state index in [0.29, 0.717) is 27.4 Å². The summed E-state index contributed by atoms with van der Waals surface area (Å²) < 4.78 is 14.8. The number of nitrogens with one attached hydrogen (secondary N) is 1. The Morgan fingerprint density at radius 1 is 1.10 bits per heavy atom. The molecule has 156 valence electrons. The monoisotopic (exact) mass is 453 g/mol. The summed E-state index contributed by atoms with van der Waals surface area (Å²) in [6.45, 7) is 1.70. The van der Waals surface area contributed by atoms with Crippen molar-refractivity contribution in [3.63, 3.8) is 0 Å². The van der Waals surface area contributed by atoms with E-state index in [1.807, 2.05) is 36.4 Å². The highest BCUT2D eigenvalue weighted by atomic mass is 35.5. The van der Waals surface area contributed by atoms with Crippen LogP contribution in [0.2, 0.25) is 5.02 Å². The Morgan fingerprint density at radius 3 is 2.55 bits per heavy atom. The van der Waals surface area contributed by atoms with Gasteiger partial charge in [-0.05, 0) is 49.4 Å². The van der Waals surface area contributed by atoms with Crippen molar-refractivity contribution in [1.29, 1.82) is 0 Å². The largest absolute Gasteiger partial charge is 0.324 e. The van der Waals surface area contributed by atoms with E-state index in [4.69, 9.17) is 11.6 Å². The number of anilines is 1. The Morgan fingerprint density at radius 2 is 1.81 bits per heavy atom. The Bertz CT molecular complexity index is 1330. The van der Waals surface area contributed by atoms with Gasteiger partial charge in [0.2, 0.25) is 5.91 Å². The first-order valence-corrected chi connectivity index (χ1v) is 10.7. The van der Waals surface area contributed by atoms with Crippen molar-refractivity contribution in [2.45, 2.75) is 17.3 Å². The summed E-state index contributed by atoms with van der Waals surface area (Å²) in [5.41, 5.74) is 1.31. The van der Waals surface area contributed by atoms with Crippen LogP contribution >= 0.6 is 23.4 Å². The fourth-order valence-corrected chi connectivity index (χ4v) is 4.17. The molecule has 1 heterocycles. The number of amides is 1. The third kappa shape index (κ3) is 4.47. The lowest BCUT2D eigenvalue weighted by Crippen LogP contribution is -2.26. The van der Waals surface area contributed by atoms with Crippen LogP contribution in [0.1, 0.15) is 6.92 Å². The van der Waals surface area contributed by atoms with Crippen molar-refractivity contribution < 1.29 is 9.18 Å². The standard InChI is InChI=1S/C23H17ClFN3O2S/c1-14(21(29)26-20-12-11-15(25)13-18(20)24)31-23-27-19-10-6-5-9-17(19)22(30)28(23)16-7-3-2-4-8-16/h2-14H,1H3,(H,26,29). The van der Waals surface area contributed by atoms with Crippen LogP contribution < -0.4 is 10.9 Å². The van der Waals surface area contributed by atoms with Crippen LogP contribution in [-0.4, -0.2) is 20.7 Å². The summed E-state index contributed by atoms with van der Waals surface area (Å²) in [6, 6.07) is 20.0. The smallest absolute Gasteiger partial charge is 0.266 e. The van der Waals surface area contributed by atoms with Crippen molar-refractivity contribution >= 4 is 45.9 Å². The third-order valence-corrected chi connectivity index (χ3v) is 5.96. The van der Waals surface area contributed by atoms with Gasteiger partial charge in [0.15, 0.2) is 5.16 Å². The SMILES string of the molecule is CC(Sc1nc2ccccc2c(=O)n1-c1ccccc1)C(=O)Nc1ccc(F)cc1Cl. The van der Waals surface area contributed by atoms with Crippen LogP contribution in [0.4, 0.5) is 10.1 Å². The van der Waals surface area contributed by atoms with E-state index in [9.17, 15) is 14.0 Å². The summed E-state index contributed by atoms with van der Waals surface area (Å²) in [6.07, 6.45) is 0. The van der Waals surface area contributed by atoms with Crippen molar-refractivity contribution in [3.8, 4) is 5.69 Å². The number of fused-ring (bicyclic) bond motifs is 1. The number of halogens is 2. The van der Waals surface area contributed by atoms with E-state index in [1.165, 1.54) is 16.7 Å². The van der Waals surface area contributed by atoms with E-state index in [1.54, 1.807) is 25.1 Å². The molecule has 4 rings (SSSR count). The van der Waals surface area contributed by atoms with Gasteiger partial charge in [0.05, 0.1) is 32.6 Å². The van der Waals surface area contributed by atoms with Gasteiger partial charge < -0.3 is 5.32 Å². The van der Waals surface area contributed by atoms with Gasteiger partial charge in [0.1, 0.15) is 5.82 Å². The molecule has 0 saturated carbocycles. The molecule has 1 N–H and O–H groups in total. The molecule has 5 nitrogen and oxygen atoms in total. The number of hydrogen-bond donors (Lipinski definition) is 1. The molecule has 3 aromatic carbocycles. The summed E-state index contributed by atoms with van der Waals surface area (Å²) in [7, 11) is 0. The molecule has 0 aliphatic heterocycles. The van der Waals surface area contributed by atoms with E-state index in [-0.39, 0.29) is 16.5 Å². The van der Waals surface area contributed by atoms with Gasteiger partial charge >= 0.3 is 0 Å². The van der Waals surface area contributed by atoms with Crippen molar-refractivity contribution in [2.75, 3.05) is 5.32 Å². The predicted octanol–water partition coefficient (Wildman–Crippen LogP) is 5.30. The van der Waals surface area contributed by atoms with Crippen molar-refractivity contribution in [1.82, 2.24) is 9.55 Å². The number of carbonyl (C=O) groups excluding carboxylic acids is 1. The van der Waals surface area contributed by atoms with Gasteiger partial charge in [-0.15, -0.1) is 0 Å². The molecule has 0 aliphatic rings. The molecule has 0 fully saturated rings. The van der Waals surface area contributed by atoms with Crippen LogP contribution in [0.3, 0.4) is 0 Å². The Hall–Kier alpha value is -3.16. The summed E-state index contributed by atoms with van der Waals surface area (Å²) in [5.74, 6) is -0.835. The minimum absolute atomic E-state index is 0.107. The number of rotatable bonds is 5. The average Bonchev–Trinajstić information content (AvgIpc) is 2.76. The fourth-order valence-electron chi connectivity index (χ4n) is 3.03. The van der Waals surface area contributed by atoms with E-state index in [0.717, 1.165) is 17.8 Å². The lowest BCUT2D eigenvalue weighted by molar-refractivity contribution is -0.115.